The lowest BCUT2D eigenvalue weighted by Gasteiger charge is -2.13. The average Bonchev–Trinajstić information content (AvgIpc) is 2.44. The second-order valence-electron chi connectivity index (χ2n) is 4.55. The molecule has 0 fully saturated rings. The molecule has 1 aromatic heterocycles. The van der Waals surface area contributed by atoms with Crippen molar-refractivity contribution in [3.05, 3.63) is 47.1 Å². The zero-order chi connectivity index (χ0) is 16.0. The van der Waals surface area contributed by atoms with Crippen LogP contribution >= 0.6 is 0 Å². The smallest absolute Gasteiger partial charge is 0.354 e. The maximum atomic E-state index is 14.6. The molecule has 0 bridgehead atoms. The molecule has 0 spiro atoms. The Morgan fingerprint density at radius 1 is 1.38 bits per heavy atom. The quantitative estimate of drug-likeness (QED) is 0.782. The highest BCUT2D eigenvalue weighted by Crippen LogP contribution is 2.30. The highest BCUT2D eigenvalue weighted by atomic mass is 19.1. The molecule has 1 heterocycles. The first-order valence-corrected chi connectivity index (χ1v) is 6.86. The van der Waals surface area contributed by atoms with Gasteiger partial charge in [-0.15, -0.1) is 0 Å². The van der Waals surface area contributed by atoms with Crippen LogP contribution in [0.5, 0.6) is 0 Å². The molecule has 3 nitrogen and oxygen atoms in total. The summed E-state index contributed by atoms with van der Waals surface area (Å²) in [6.45, 7) is 4.86. The summed E-state index contributed by atoms with van der Waals surface area (Å²) in [5, 5.41) is 8.93. The van der Waals surface area contributed by atoms with E-state index < -0.39 is 18.0 Å². The van der Waals surface area contributed by atoms with Crippen LogP contribution in [0.25, 0.3) is 5.57 Å². The summed E-state index contributed by atoms with van der Waals surface area (Å²) in [6, 6.07) is 4.13. The SMILES string of the molecule is CC/C=C(CC)\C(F)=C(\c1cccc(C(=O)O)n1)C(C)F. The molecule has 1 atom stereocenters. The third-order valence-electron chi connectivity index (χ3n) is 2.99. The van der Waals surface area contributed by atoms with Crippen LogP contribution in [0.2, 0.25) is 0 Å². The van der Waals surface area contributed by atoms with Gasteiger partial charge in [0.25, 0.3) is 0 Å². The van der Waals surface area contributed by atoms with Gasteiger partial charge in [0.15, 0.2) is 0 Å². The average molecular weight is 295 g/mol. The zero-order valence-electron chi connectivity index (χ0n) is 12.4. The van der Waals surface area contributed by atoms with E-state index in [4.69, 9.17) is 5.11 Å². The minimum absolute atomic E-state index is 0.0119. The zero-order valence-corrected chi connectivity index (χ0v) is 12.4. The van der Waals surface area contributed by atoms with Crippen LogP contribution in [0, 0.1) is 0 Å². The summed E-state index contributed by atoms with van der Waals surface area (Å²) in [7, 11) is 0. The Hall–Kier alpha value is -2.04. The van der Waals surface area contributed by atoms with E-state index in [-0.39, 0.29) is 17.0 Å². The van der Waals surface area contributed by atoms with Crippen molar-refractivity contribution in [2.75, 3.05) is 0 Å². The summed E-state index contributed by atoms with van der Waals surface area (Å²) < 4.78 is 28.4. The molecule has 0 radical (unpaired) electrons. The van der Waals surface area contributed by atoms with Gasteiger partial charge < -0.3 is 5.11 Å². The lowest BCUT2D eigenvalue weighted by Crippen LogP contribution is -2.08. The van der Waals surface area contributed by atoms with Crippen molar-refractivity contribution in [1.29, 1.82) is 0 Å². The molecule has 1 unspecified atom stereocenters. The van der Waals surface area contributed by atoms with Gasteiger partial charge in [-0.2, -0.15) is 0 Å². The molecule has 21 heavy (non-hydrogen) atoms. The molecule has 1 rings (SSSR count). The first-order chi connectivity index (χ1) is 9.92. The van der Waals surface area contributed by atoms with E-state index in [1.54, 1.807) is 13.0 Å². The van der Waals surface area contributed by atoms with Gasteiger partial charge in [0, 0.05) is 5.57 Å². The van der Waals surface area contributed by atoms with Crippen molar-refractivity contribution in [2.24, 2.45) is 0 Å². The minimum Gasteiger partial charge on any atom is -0.477 e. The van der Waals surface area contributed by atoms with Crippen molar-refractivity contribution in [3.8, 4) is 0 Å². The third kappa shape index (κ3) is 4.21. The molecule has 0 amide bonds. The van der Waals surface area contributed by atoms with E-state index >= 15 is 0 Å². The van der Waals surface area contributed by atoms with Gasteiger partial charge in [-0.1, -0.05) is 26.0 Å². The number of carboxylic acid groups (broad SMARTS) is 1. The van der Waals surface area contributed by atoms with Gasteiger partial charge in [-0.25, -0.2) is 18.6 Å². The summed E-state index contributed by atoms with van der Waals surface area (Å²) in [6.07, 6.45) is 1.16. The Morgan fingerprint density at radius 2 is 2.00 bits per heavy atom. The van der Waals surface area contributed by atoms with E-state index in [1.165, 1.54) is 25.1 Å². The number of hydrogen-bond donors (Lipinski definition) is 1. The van der Waals surface area contributed by atoms with Crippen molar-refractivity contribution in [1.82, 2.24) is 4.98 Å². The monoisotopic (exact) mass is 295 g/mol. The molecule has 0 saturated carbocycles. The largest absolute Gasteiger partial charge is 0.477 e. The van der Waals surface area contributed by atoms with Crippen LogP contribution in [0.15, 0.2) is 35.7 Å². The van der Waals surface area contributed by atoms with E-state index in [1.807, 2.05) is 6.92 Å². The molecule has 0 aromatic carbocycles. The molecule has 0 aliphatic heterocycles. The van der Waals surface area contributed by atoms with E-state index in [9.17, 15) is 13.6 Å². The van der Waals surface area contributed by atoms with Crippen LogP contribution in [-0.2, 0) is 0 Å². The van der Waals surface area contributed by atoms with Gasteiger partial charge in [0.1, 0.15) is 17.7 Å². The van der Waals surface area contributed by atoms with Crippen LogP contribution in [0.4, 0.5) is 8.78 Å². The van der Waals surface area contributed by atoms with Gasteiger partial charge in [-0.3, -0.25) is 0 Å². The topological polar surface area (TPSA) is 50.2 Å². The Bertz CT molecular complexity index is 577. The summed E-state index contributed by atoms with van der Waals surface area (Å²) >= 11 is 0. The lowest BCUT2D eigenvalue weighted by molar-refractivity contribution is 0.0690. The second kappa shape index (κ2) is 7.67. The van der Waals surface area contributed by atoms with Crippen LogP contribution in [-0.4, -0.2) is 22.2 Å². The maximum absolute atomic E-state index is 14.6. The fourth-order valence-corrected chi connectivity index (χ4v) is 2.00. The Labute approximate surface area is 123 Å². The van der Waals surface area contributed by atoms with Gasteiger partial charge in [0.05, 0.1) is 5.69 Å². The van der Waals surface area contributed by atoms with Gasteiger partial charge in [-0.05, 0) is 37.5 Å². The Balaban J connectivity index is 3.46. The van der Waals surface area contributed by atoms with Gasteiger partial charge >= 0.3 is 5.97 Å². The summed E-state index contributed by atoms with van der Waals surface area (Å²) in [4.78, 5) is 14.8. The number of aromatic carboxylic acids is 1. The van der Waals surface area contributed by atoms with Crippen molar-refractivity contribution in [3.63, 3.8) is 0 Å². The normalized spacial score (nSPS) is 14.6. The van der Waals surface area contributed by atoms with E-state index in [0.717, 1.165) is 0 Å². The van der Waals surface area contributed by atoms with Crippen LogP contribution in [0.1, 0.15) is 49.8 Å². The summed E-state index contributed by atoms with van der Waals surface area (Å²) in [5.74, 6) is -1.90. The number of allylic oxidation sites excluding steroid dienone is 4. The lowest BCUT2D eigenvalue weighted by atomic mass is 10.0. The van der Waals surface area contributed by atoms with E-state index in [2.05, 4.69) is 4.98 Å². The number of halogens is 2. The second-order valence-corrected chi connectivity index (χ2v) is 4.55. The van der Waals surface area contributed by atoms with Crippen molar-refractivity contribution < 1.29 is 18.7 Å². The molecule has 5 heteroatoms. The molecule has 114 valence electrons. The maximum Gasteiger partial charge on any atom is 0.354 e. The molecule has 0 saturated heterocycles. The summed E-state index contributed by atoms with van der Waals surface area (Å²) in [5.41, 5.74) is -0.0343. The molecule has 0 aliphatic carbocycles. The number of nitrogens with zero attached hydrogens (tertiary/aromatic N) is 1. The number of aromatic nitrogens is 1. The van der Waals surface area contributed by atoms with Crippen LogP contribution in [0.3, 0.4) is 0 Å². The molecule has 0 aliphatic rings. The van der Waals surface area contributed by atoms with E-state index in [0.29, 0.717) is 18.4 Å². The fourth-order valence-electron chi connectivity index (χ4n) is 2.00. The molecular formula is C16H19F2NO2. The van der Waals surface area contributed by atoms with Gasteiger partial charge in [0.2, 0.25) is 0 Å². The Kier molecular flexibility index (Phi) is 6.21. The number of hydrogen-bond acceptors (Lipinski definition) is 2. The number of rotatable bonds is 6. The predicted molar refractivity (Wildman–Crippen MR) is 78.5 cm³/mol. The molecule has 1 N–H and O–H groups in total. The molecular weight excluding hydrogens is 276 g/mol. The third-order valence-corrected chi connectivity index (χ3v) is 2.99. The number of alkyl halides is 1. The predicted octanol–water partition coefficient (Wildman–Crippen LogP) is 4.56. The fraction of sp³-hybridized carbons (Fsp3) is 0.375. The highest BCUT2D eigenvalue weighted by molar-refractivity contribution is 5.86. The highest BCUT2D eigenvalue weighted by Gasteiger charge is 2.20. The first kappa shape index (κ1) is 17.0. The standard InChI is InChI=1S/C16H19F2NO2/c1-4-7-11(5-2)15(18)14(10(3)17)12-8-6-9-13(19-12)16(20)21/h6-10H,4-5H2,1-3H3,(H,20,21)/b11-7-,15-14-. The minimum atomic E-state index is -1.59. The number of pyridine rings is 1. The number of carbonyl (C=O) groups is 1. The van der Waals surface area contributed by atoms with Crippen molar-refractivity contribution in [2.45, 2.75) is 39.8 Å². The Morgan fingerprint density at radius 3 is 2.48 bits per heavy atom. The first-order valence-electron chi connectivity index (χ1n) is 6.86. The number of carboxylic acids is 1. The van der Waals surface area contributed by atoms with Crippen LogP contribution < -0.4 is 0 Å². The molecule has 1 aromatic rings. The van der Waals surface area contributed by atoms with Crippen molar-refractivity contribution >= 4 is 11.5 Å².